The molecule has 1 aliphatic carbocycles. The molecule has 2 rings (SSSR count). The van der Waals surface area contributed by atoms with Crippen LogP contribution in [0.5, 0.6) is 5.75 Å². The third-order valence-electron chi connectivity index (χ3n) is 7.39. The second kappa shape index (κ2) is 17.5. The summed E-state index contributed by atoms with van der Waals surface area (Å²) in [6.45, 7) is 0. The molecule has 0 aromatic heterocycles. The number of ether oxygens (including phenoxy) is 1. The second-order valence-electron chi connectivity index (χ2n) is 10.1. The molecule has 0 amide bonds. The molecule has 1 aromatic rings. The number of hydrogen-bond acceptors (Lipinski definition) is 2. The Morgan fingerprint density at radius 2 is 1.00 bits per heavy atom. The summed E-state index contributed by atoms with van der Waals surface area (Å²) in [6.07, 6.45) is 28.0. The van der Waals surface area contributed by atoms with Crippen LogP contribution < -0.4 is 10.5 Å². The summed E-state index contributed by atoms with van der Waals surface area (Å²) in [5, 5.41) is 0. The highest BCUT2D eigenvalue weighted by molar-refractivity contribution is 5.27. The molecular weight excluding hydrogens is 378 g/mol. The van der Waals surface area contributed by atoms with Gasteiger partial charge in [0, 0.05) is 6.04 Å². The summed E-state index contributed by atoms with van der Waals surface area (Å²) in [5.41, 5.74) is 8.12. The lowest BCUT2D eigenvalue weighted by Gasteiger charge is -2.24. The highest BCUT2D eigenvalue weighted by Gasteiger charge is 2.18. The van der Waals surface area contributed by atoms with Crippen molar-refractivity contribution in [1.82, 2.24) is 0 Å². The fourth-order valence-electron chi connectivity index (χ4n) is 5.24. The summed E-state index contributed by atoms with van der Waals surface area (Å²) in [7, 11) is 1.73. The molecule has 0 aliphatic heterocycles. The quantitative estimate of drug-likeness (QED) is 0.520. The topological polar surface area (TPSA) is 35.2 Å². The van der Waals surface area contributed by atoms with Gasteiger partial charge in [-0.3, -0.25) is 0 Å². The predicted molar refractivity (Wildman–Crippen MR) is 136 cm³/mol. The molecule has 0 radical (unpaired) electrons. The first-order chi connectivity index (χ1) is 15.3. The van der Waals surface area contributed by atoms with Crippen LogP contribution in [0.4, 0.5) is 0 Å². The monoisotopic (exact) mass is 429 g/mol. The van der Waals surface area contributed by atoms with Crippen LogP contribution in [-0.4, -0.2) is 13.2 Å². The van der Waals surface area contributed by atoms with Crippen molar-refractivity contribution in [3.8, 4) is 5.75 Å². The lowest BCUT2D eigenvalue weighted by atomic mass is 9.85. The van der Waals surface area contributed by atoms with E-state index in [-0.39, 0.29) is 6.04 Å². The molecule has 31 heavy (non-hydrogen) atoms. The minimum absolute atomic E-state index is 0.284. The van der Waals surface area contributed by atoms with E-state index in [0.29, 0.717) is 5.92 Å². The SMILES string of the molecule is COc1ccc(CC(N)C2CCCCCCCCCCCCCCCCCCC2)cc1. The number of hydrogen-bond donors (Lipinski definition) is 1. The lowest BCUT2D eigenvalue weighted by molar-refractivity contribution is 0.338. The molecule has 0 bridgehead atoms. The smallest absolute Gasteiger partial charge is 0.118 e. The number of nitrogens with two attached hydrogens (primary N) is 1. The molecule has 2 nitrogen and oxygen atoms in total. The van der Waals surface area contributed by atoms with Gasteiger partial charge in [-0.05, 0) is 42.9 Å². The van der Waals surface area contributed by atoms with Gasteiger partial charge in [0.1, 0.15) is 5.75 Å². The van der Waals surface area contributed by atoms with Gasteiger partial charge in [0.05, 0.1) is 7.11 Å². The Morgan fingerprint density at radius 3 is 1.35 bits per heavy atom. The maximum absolute atomic E-state index is 6.77. The van der Waals surface area contributed by atoms with E-state index in [1.807, 2.05) is 0 Å². The van der Waals surface area contributed by atoms with Crippen molar-refractivity contribution in [3.63, 3.8) is 0 Å². The van der Waals surface area contributed by atoms with Gasteiger partial charge in [-0.1, -0.05) is 121 Å². The van der Waals surface area contributed by atoms with Crippen LogP contribution in [0.3, 0.4) is 0 Å². The zero-order valence-electron chi connectivity index (χ0n) is 20.6. The van der Waals surface area contributed by atoms with E-state index in [1.54, 1.807) is 7.11 Å². The molecule has 0 saturated heterocycles. The van der Waals surface area contributed by atoms with E-state index in [9.17, 15) is 0 Å². The van der Waals surface area contributed by atoms with Gasteiger partial charge in [0.15, 0.2) is 0 Å². The normalized spacial score (nSPS) is 21.2. The van der Waals surface area contributed by atoms with Gasteiger partial charge in [0.25, 0.3) is 0 Å². The van der Waals surface area contributed by atoms with Crippen molar-refractivity contribution in [2.45, 2.75) is 134 Å². The minimum Gasteiger partial charge on any atom is -0.497 e. The fraction of sp³-hybridized carbons (Fsp3) is 0.793. The standard InChI is InChI=1S/C29H51NO/c1-31-28-23-21-26(22-24-28)25-29(30)27-19-17-15-13-11-9-7-5-3-2-4-6-8-10-12-14-16-18-20-27/h21-24,27,29H,2-20,25,30H2,1H3. The third kappa shape index (κ3) is 12.6. The average Bonchev–Trinajstić information content (AvgIpc) is 2.78. The predicted octanol–water partition coefficient (Wildman–Crippen LogP) is 8.61. The van der Waals surface area contributed by atoms with Crippen LogP contribution in [0, 0.1) is 5.92 Å². The molecule has 1 unspecified atom stereocenters. The maximum Gasteiger partial charge on any atom is 0.118 e. The zero-order valence-corrected chi connectivity index (χ0v) is 20.6. The Hall–Kier alpha value is -1.02. The minimum atomic E-state index is 0.284. The molecule has 0 spiro atoms. The molecule has 178 valence electrons. The number of methoxy groups -OCH3 is 1. The lowest BCUT2D eigenvalue weighted by Crippen LogP contribution is -2.32. The largest absolute Gasteiger partial charge is 0.497 e. The Balaban J connectivity index is 1.79. The van der Waals surface area contributed by atoms with Crippen LogP contribution >= 0.6 is 0 Å². The molecule has 2 heteroatoms. The van der Waals surface area contributed by atoms with E-state index in [0.717, 1.165) is 12.2 Å². The van der Waals surface area contributed by atoms with Crippen molar-refractivity contribution >= 4 is 0 Å². The third-order valence-corrected chi connectivity index (χ3v) is 7.39. The van der Waals surface area contributed by atoms with Gasteiger partial charge < -0.3 is 10.5 Å². The maximum atomic E-state index is 6.77. The Bertz CT molecular complexity index is 506. The molecule has 2 N–H and O–H groups in total. The van der Waals surface area contributed by atoms with Gasteiger partial charge in [0.2, 0.25) is 0 Å². The molecule has 1 fully saturated rings. The molecule has 1 saturated carbocycles. The summed E-state index contributed by atoms with van der Waals surface area (Å²) in [5.74, 6) is 1.60. The van der Waals surface area contributed by atoms with Crippen LogP contribution in [-0.2, 0) is 6.42 Å². The van der Waals surface area contributed by atoms with Gasteiger partial charge in [-0.15, -0.1) is 0 Å². The average molecular weight is 430 g/mol. The molecule has 1 atom stereocenters. The van der Waals surface area contributed by atoms with E-state index in [4.69, 9.17) is 10.5 Å². The fourth-order valence-corrected chi connectivity index (χ4v) is 5.24. The molecule has 1 aliphatic rings. The summed E-state index contributed by atoms with van der Waals surface area (Å²) in [6, 6.07) is 8.78. The Kier molecular flexibility index (Phi) is 14.8. The highest BCUT2D eigenvalue weighted by atomic mass is 16.5. The summed E-state index contributed by atoms with van der Waals surface area (Å²) < 4.78 is 5.30. The number of benzene rings is 1. The van der Waals surface area contributed by atoms with Crippen molar-refractivity contribution in [3.05, 3.63) is 29.8 Å². The van der Waals surface area contributed by atoms with E-state index in [1.165, 1.54) is 128 Å². The van der Waals surface area contributed by atoms with Crippen LogP contribution in [0.15, 0.2) is 24.3 Å². The van der Waals surface area contributed by atoms with Crippen LogP contribution in [0.25, 0.3) is 0 Å². The zero-order chi connectivity index (χ0) is 22.0. The number of rotatable bonds is 4. The Labute approximate surface area is 193 Å². The van der Waals surface area contributed by atoms with Crippen molar-refractivity contribution in [2.24, 2.45) is 11.7 Å². The summed E-state index contributed by atoms with van der Waals surface area (Å²) in [4.78, 5) is 0. The van der Waals surface area contributed by atoms with Gasteiger partial charge >= 0.3 is 0 Å². The molecular formula is C29H51NO. The first kappa shape index (κ1) is 26.2. The van der Waals surface area contributed by atoms with Crippen molar-refractivity contribution < 1.29 is 4.74 Å². The molecule has 0 heterocycles. The van der Waals surface area contributed by atoms with Crippen LogP contribution in [0.2, 0.25) is 0 Å². The second-order valence-corrected chi connectivity index (χ2v) is 10.1. The van der Waals surface area contributed by atoms with Crippen LogP contribution in [0.1, 0.15) is 128 Å². The van der Waals surface area contributed by atoms with Crippen molar-refractivity contribution in [2.75, 3.05) is 7.11 Å². The van der Waals surface area contributed by atoms with E-state index >= 15 is 0 Å². The van der Waals surface area contributed by atoms with E-state index < -0.39 is 0 Å². The first-order valence-electron chi connectivity index (χ1n) is 13.7. The van der Waals surface area contributed by atoms with Gasteiger partial charge in [-0.2, -0.15) is 0 Å². The summed E-state index contributed by atoms with van der Waals surface area (Å²) >= 11 is 0. The molecule has 1 aromatic carbocycles. The van der Waals surface area contributed by atoms with Crippen molar-refractivity contribution in [1.29, 1.82) is 0 Å². The highest BCUT2D eigenvalue weighted by Crippen LogP contribution is 2.24. The van der Waals surface area contributed by atoms with E-state index in [2.05, 4.69) is 24.3 Å². The first-order valence-corrected chi connectivity index (χ1v) is 13.7. The van der Waals surface area contributed by atoms with Gasteiger partial charge in [-0.25, -0.2) is 0 Å². The Morgan fingerprint density at radius 1 is 0.645 bits per heavy atom.